The van der Waals surface area contributed by atoms with Gasteiger partial charge in [-0.3, -0.25) is 4.79 Å². The van der Waals surface area contributed by atoms with Crippen LogP contribution >= 0.6 is 0 Å². The number of fused-ring (bicyclic) bond motifs is 1. The third kappa shape index (κ3) is 2.10. The molecular weight excluding hydrogens is 240 g/mol. The highest BCUT2D eigenvalue weighted by atomic mass is 16.5. The molecule has 1 aromatic carbocycles. The number of rotatable bonds is 2. The van der Waals surface area contributed by atoms with Crippen LogP contribution < -0.4 is 15.0 Å². The average molecular weight is 260 g/mol. The lowest BCUT2D eigenvalue weighted by Gasteiger charge is -2.32. The van der Waals surface area contributed by atoms with Crippen molar-refractivity contribution >= 4 is 11.6 Å². The zero-order valence-corrected chi connectivity index (χ0v) is 11.5. The van der Waals surface area contributed by atoms with Gasteiger partial charge < -0.3 is 15.0 Å². The Hall–Kier alpha value is -1.55. The van der Waals surface area contributed by atoms with Gasteiger partial charge in [-0.25, -0.2) is 0 Å². The maximum Gasteiger partial charge on any atom is 0.229 e. The number of methoxy groups -OCH3 is 1. The van der Waals surface area contributed by atoms with E-state index in [0.717, 1.165) is 43.9 Å². The number of hydrogen-bond donors (Lipinski definition) is 1. The van der Waals surface area contributed by atoms with E-state index >= 15 is 0 Å². The number of nitrogens with one attached hydrogen (secondary N) is 1. The number of ether oxygens (including phenoxy) is 1. The Kier molecular flexibility index (Phi) is 3.19. The standard InChI is InChI=1S/C15H20N2O2/c1-10-4-3-5-17(15(10)18)13-6-11-8-16-9-12(11)7-14(13)19-2/h6-7,10,16H,3-5,8-9H2,1-2H3. The van der Waals surface area contributed by atoms with Crippen LogP contribution in [0.3, 0.4) is 0 Å². The van der Waals surface area contributed by atoms with Crippen molar-refractivity contribution in [3.63, 3.8) is 0 Å². The Morgan fingerprint density at radius 1 is 1.32 bits per heavy atom. The first-order chi connectivity index (χ1) is 9.20. The molecule has 1 fully saturated rings. The molecule has 0 spiro atoms. The Labute approximate surface area is 113 Å². The van der Waals surface area contributed by atoms with Gasteiger partial charge in [-0.1, -0.05) is 6.92 Å². The van der Waals surface area contributed by atoms with Crippen LogP contribution in [-0.2, 0) is 17.9 Å². The van der Waals surface area contributed by atoms with E-state index in [9.17, 15) is 4.79 Å². The first kappa shape index (κ1) is 12.5. The maximum absolute atomic E-state index is 12.3. The third-order valence-electron chi connectivity index (χ3n) is 4.13. The fraction of sp³-hybridized carbons (Fsp3) is 0.533. The number of anilines is 1. The zero-order chi connectivity index (χ0) is 13.4. The molecule has 1 saturated heterocycles. The van der Waals surface area contributed by atoms with Gasteiger partial charge in [-0.05, 0) is 36.1 Å². The molecule has 2 aliphatic rings. The third-order valence-corrected chi connectivity index (χ3v) is 4.13. The number of carbonyl (C=O) groups excluding carboxylic acids is 1. The molecular formula is C15H20N2O2. The smallest absolute Gasteiger partial charge is 0.229 e. The van der Waals surface area contributed by atoms with Crippen LogP contribution in [0.5, 0.6) is 5.75 Å². The van der Waals surface area contributed by atoms with E-state index in [2.05, 4.69) is 17.4 Å². The molecule has 1 amide bonds. The van der Waals surface area contributed by atoms with Gasteiger partial charge in [0.2, 0.25) is 5.91 Å². The predicted molar refractivity (Wildman–Crippen MR) is 74.3 cm³/mol. The second kappa shape index (κ2) is 4.85. The summed E-state index contributed by atoms with van der Waals surface area (Å²) in [5, 5.41) is 3.33. The van der Waals surface area contributed by atoms with Crippen molar-refractivity contribution in [2.24, 2.45) is 5.92 Å². The van der Waals surface area contributed by atoms with Gasteiger partial charge in [-0.2, -0.15) is 0 Å². The van der Waals surface area contributed by atoms with Crippen molar-refractivity contribution in [2.75, 3.05) is 18.6 Å². The molecule has 0 saturated carbocycles. The first-order valence-electron chi connectivity index (χ1n) is 6.92. The minimum absolute atomic E-state index is 0.116. The van der Waals surface area contributed by atoms with Gasteiger partial charge in [0, 0.05) is 25.6 Å². The number of hydrogen-bond acceptors (Lipinski definition) is 3. The molecule has 0 radical (unpaired) electrons. The number of amides is 1. The summed E-state index contributed by atoms with van der Waals surface area (Å²) in [6.07, 6.45) is 2.05. The van der Waals surface area contributed by atoms with E-state index in [1.165, 1.54) is 11.1 Å². The molecule has 2 heterocycles. The summed E-state index contributed by atoms with van der Waals surface area (Å²) < 4.78 is 5.49. The van der Waals surface area contributed by atoms with E-state index in [0.29, 0.717) is 0 Å². The van der Waals surface area contributed by atoms with Crippen molar-refractivity contribution < 1.29 is 9.53 Å². The summed E-state index contributed by atoms with van der Waals surface area (Å²) in [6.45, 7) is 4.57. The normalized spacial score (nSPS) is 22.5. The number of piperidine rings is 1. The van der Waals surface area contributed by atoms with E-state index in [1.807, 2.05) is 11.8 Å². The van der Waals surface area contributed by atoms with Crippen molar-refractivity contribution in [3.8, 4) is 5.75 Å². The van der Waals surface area contributed by atoms with Crippen LogP contribution in [0, 0.1) is 5.92 Å². The molecule has 3 rings (SSSR count). The first-order valence-corrected chi connectivity index (χ1v) is 6.92. The minimum Gasteiger partial charge on any atom is -0.495 e. The van der Waals surface area contributed by atoms with Crippen molar-refractivity contribution in [1.29, 1.82) is 0 Å². The molecule has 4 heteroatoms. The lowest BCUT2D eigenvalue weighted by Crippen LogP contribution is -2.40. The van der Waals surface area contributed by atoms with Crippen molar-refractivity contribution in [3.05, 3.63) is 23.3 Å². The number of benzene rings is 1. The Balaban J connectivity index is 2.01. The van der Waals surface area contributed by atoms with Gasteiger partial charge in [-0.15, -0.1) is 0 Å². The molecule has 2 aliphatic heterocycles. The van der Waals surface area contributed by atoms with Gasteiger partial charge in [0.15, 0.2) is 0 Å². The Morgan fingerprint density at radius 2 is 2.05 bits per heavy atom. The van der Waals surface area contributed by atoms with Crippen LogP contribution in [0.25, 0.3) is 0 Å². The Morgan fingerprint density at radius 3 is 2.79 bits per heavy atom. The summed E-state index contributed by atoms with van der Waals surface area (Å²) in [5.41, 5.74) is 3.49. The number of nitrogens with zero attached hydrogens (tertiary/aromatic N) is 1. The van der Waals surface area contributed by atoms with Gasteiger partial charge >= 0.3 is 0 Å². The lowest BCUT2D eigenvalue weighted by atomic mass is 9.97. The highest BCUT2D eigenvalue weighted by Gasteiger charge is 2.29. The van der Waals surface area contributed by atoms with Crippen LogP contribution in [0.15, 0.2) is 12.1 Å². The van der Waals surface area contributed by atoms with Crippen LogP contribution in [0.1, 0.15) is 30.9 Å². The van der Waals surface area contributed by atoms with E-state index in [4.69, 9.17) is 4.74 Å². The monoisotopic (exact) mass is 260 g/mol. The highest BCUT2D eigenvalue weighted by Crippen LogP contribution is 2.36. The van der Waals surface area contributed by atoms with Gasteiger partial charge in [0.1, 0.15) is 5.75 Å². The van der Waals surface area contributed by atoms with Crippen molar-refractivity contribution in [2.45, 2.75) is 32.9 Å². The lowest BCUT2D eigenvalue weighted by molar-refractivity contribution is -0.123. The zero-order valence-electron chi connectivity index (χ0n) is 11.5. The Bertz CT molecular complexity index is 513. The largest absolute Gasteiger partial charge is 0.495 e. The summed E-state index contributed by atoms with van der Waals surface area (Å²) in [5.74, 6) is 1.14. The minimum atomic E-state index is 0.116. The molecule has 19 heavy (non-hydrogen) atoms. The fourth-order valence-corrected chi connectivity index (χ4v) is 2.98. The quantitative estimate of drug-likeness (QED) is 0.885. The molecule has 1 N–H and O–H groups in total. The summed E-state index contributed by atoms with van der Waals surface area (Å²) >= 11 is 0. The van der Waals surface area contributed by atoms with E-state index < -0.39 is 0 Å². The molecule has 4 nitrogen and oxygen atoms in total. The average Bonchev–Trinajstić information content (AvgIpc) is 2.87. The topological polar surface area (TPSA) is 41.6 Å². The molecule has 1 unspecified atom stereocenters. The summed E-state index contributed by atoms with van der Waals surface area (Å²) in [6, 6.07) is 4.18. The summed E-state index contributed by atoms with van der Waals surface area (Å²) in [7, 11) is 1.67. The fourth-order valence-electron chi connectivity index (χ4n) is 2.98. The van der Waals surface area contributed by atoms with Crippen LogP contribution in [-0.4, -0.2) is 19.6 Å². The second-order valence-corrected chi connectivity index (χ2v) is 5.43. The molecule has 0 aromatic heterocycles. The van der Waals surface area contributed by atoms with Gasteiger partial charge in [0.25, 0.3) is 0 Å². The predicted octanol–water partition coefficient (Wildman–Crippen LogP) is 2.06. The second-order valence-electron chi connectivity index (χ2n) is 5.43. The van der Waals surface area contributed by atoms with Crippen LogP contribution in [0.2, 0.25) is 0 Å². The molecule has 1 aromatic rings. The molecule has 102 valence electrons. The van der Waals surface area contributed by atoms with Gasteiger partial charge in [0.05, 0.1) is 12.8 Å². The van der Waals surface area contributed by atoms with Crippen LogP contribution in [0.4, 0.5) is 5.69 Å². The SMILES string of the molecule is COc1cc2c(cc1N1CCCC(C)C1=O)CNC2. The molecule has 0 aliphatic carbocycles. The summed E-state index contributed by atoms with van der Waals surface area (Å²) in [4.78, 5) is 14.2. The molecule has 1 atom stereocenters. The number of carbonyl (C=O) groups is 1. The molecule has 0 bridgehead atoms. The van der Waals surface area contributed by atoms with E-state index in [1.54, 1.807) is 7.11 Å². The highest BCUT2D eigenvalue weighted by molar-refractivity contribution is 5.97. The maximum atomic E-state index is 12.3. The van der Waals surface area contributed by atoms with Crippen molar-refractivity contribution in [1.82, 2.24) is 5.32 Å². The van der Waals surface area contributed by atoms with E-state index in [-0.39, 0.29) is 11.8 Å².